The van der Waals surface area contributed by atoms with Gasteiger partial charge in [-0.2, -0.15) is 0 Å². The predicted molar refractivity (Wildman–Crippen MR) is 115 cm³/mol. The molecule has 1 saturated heterocycles. The molecule has 0 saturated carbocycles. The zero-order chi connectivity index (χ0) is 21.1. The van der Waals surface area contributed by atoms with Crippen LogP contribution < -0.4 is 5.32 Å². The molecule has 0 spiro atoms. The highest BCUT2D eigenvalue weighted by atomic mass is 32.1. The Kier molecular flexibility index (Phi) is 5.78. The van der Waals surface area contributed by atoms with Crippen LogP contribution in [0.25, 0.3) is 11.3 Å². The number of hydrogen-bond donors (Lipinski definition) is 3. The molecule has 0 bridgehead atoms. The molecule has 8 heteroatoms. The van der Waals surface area contributed by atoms with Crippen molar-refractivity contribution in [2.24, 2.45) is 0 Å². The number of nitrogens with zero attached hydrogens (tertiary/aromatic N) is 2. The highest BCUT2D eigenvalue weighted by Crippen LogP contribution is 2.40. The van der Waals surface area contributed by atoms with Crippen LogP contribution >= 0.6 is 12.2 Å². The Morgan fingerprint density at radius 1 is 1.17 bits per heavy atom. The summed E-state index contributed by atoms with van der Waals surface area (Å²) in [4.78, 5) is 18.1. The first kappa shape index (κ1) is 20.1. The first-order valence-corrected chi connectivity index (χ1v) is 10.0. The molecule has 7 nitrogen and oxygen atoms in total. The van der Waals surface area contributed by atoms with E-state index >= 15 is 0 Å². The number of carboxylic acid groups (broad SMARTS) is 1. The van der Waals surface area contributed by atoms with Crippen molar-refractivity contribution in [3.63, 3.8) is 0 Å². The number of carboxylic acids is 1. The zero-order valence-corrected chi connectivity index (χ0v) is 16.9. The van der Waals surface area contributed by atoms with Crippen molar-refractivity contribution in [2.45, 2.75) is 18.5 Å². The molecule has 0 aliphatic carbocycles. The Bertz CT molecular complexity index is 1050. The lowest BCUT2D eigenvalue weighted by Crippen LogP contribution is -2.30. The molecule has 154 valence electrons. The summed E-state index contributed by atoms with van der Waals surface area (Å²) in [6, 6.07) is 15.5. The second-order valence-electron chi connectivity index (χ2n) is 6.95. The lowest BCUT2D eigenvalue weighted by Gasteiger charge is -2.25. The highest BCUT2D eigenvalue weighted by molar-refractivity contribution is 7.80. The van der Waals surface area contributed by atoms with Crippen LogP contribution in [-0.2, 0) is 0 Å². The number of carbonyl (C=O) groups is 1. The van der Waals surface area contributed by atoms with Gasteiger partial charge in [-0.15, -0.1) is 0 Å². The number of aromatic carboxylic acids is 1. The van der Waals surface area contributed by atoms with Gasteiger partial charge in [0.1, 0.15) is 17.6 Å². The number of thiocarbonyl (C=S) groups is 1. The van der Waals surface area contributed by atoms with Gasteiger partial charge in [0.15, 0.2) is 5.11 Å². The molecule has 1 fully saturated rings. The van der Waals surface area contributed by atoms with Gasteiger partial charge >= 0.3 is 5.97 Å². The number of nitrogens with one attached hydrogen (secondary N) is 1. The molecular formula is C22H21N3O4S. The summed E-state index contributed by atoms with van der Waals surface area (Å²) in [5.74, 6) is 0.108. The van der Waals surface area contributed by atoms with Crippen molar-refractivity contribution in [3.8, 4) is 11.3 Å². The standard InChI is InChI=1S/C22H21N3O4S/c26-13-5-12-25-20(19(24-22(25)30)16-8-3-4-11-23-16)18-10-9-17(29-18)14-6-1-2-7-15(14)21(27)28/h1-4,6-11,19-20,26H,5,12-13H2,(H,24,30)(H,27,28)/t19-,20-/m0/s1. The Balaban J connectivity index is 1.74. The summed E-state index contributed by atoms with van der Waals surface area (Å²) in [6.07, 6.45) is 2.28. The van der Waals surface area contributed by atoms with E-state index in [2.05, 4.69) is 10.3 Å². The minimum Gasteiger partial charge on any atom is -0.478 e. The molecule has 30 heavy (non-hydrogen) atoms. The van der Waals surface area contributed by atoms with Crippen LogP contribution in [-0.4, -0.2) is 44.3 Å². The predicted octanol–water partition coefficient (Wildman–Crippen LogP) is 3.39. The topological polar surface area (TPSA) is 98.8 Å². The average Bonchev–Trinajstić information content (AvgIpc) is 3.37. The maximum absolute atomic E-state index is 11.6. The van der Waals surface area contributed by atoms with E-state index in [0.29, 0.717) is 35.2 Å². The van der Waals surface area contributed by atoms with Gasteiger partial charge in [-0.1, -0.05) is 24.3 Å². The van der Waals surface area contributed by atoms with Crippen LogP contribution in [0, 0.1) is 0 Å². The highest BCUT2D eigenvalue weighted by Gasteiger charge is 2.41. The van der Waals surface area contributed by atoms with Gasteiger partial charge < -0.3 is 24.8 Å². The minimum absolute atomic E-state index is 0.0511. The molecule has 3 aromatic rings. The largest absolute Gasteiger partial charge is 0.478 e. The first-order valence-electron chi connectivity index (χ1n) is 9.61. The Morgan fingerprint density at radius 2 is 1.97 bits per heavy atom. The van der Waals surface area contributed by atoms with E-state index in [1.54, 1.807) is 36.5 Å². The van der Waals surface area contributed by atoms with Gasteiger partial charge in [0.05, 0.1) is 17.3 Å². The van der Waals surface area contributed by atoms with E-state index in [0.717, 1.165) is 5.69 Å². The third kappa shape index (κ3) is 3.79. The zero-order valence-electron chi connectivity index (χ0n) is 16.1. The van der Waals surface area contributed by atoms with Gasteiger partial charge in [-0.05, 0) is 49.0 Å². The van der Waals surface area contributed by atoms with Crippen molar-refractivity contribution in [3.05, 3.63) is 77.8 Å². The lowest BCUT2D eigenvalue weighted by molar-refractivity contribution is 0.0697. The van der Waals surface area contributed by atoms with Crippen molar-refractivity contribution in [1.82, 2.24) is 15.2 Å². The van der Waals surface area contributed by atoms with E-state index in [9.17, 15) is 15.0 Å². The molecule has 2 atom stereocenters. The molecule has 0 amide bonds. The quantitative estimate of drug-likeness (QED) is 0.498. The van der Waals surface area contributed by atoms with Gasteiger partial charge in [-0.3, -0.25) is 4.98 Å². The van der Waals surface area contributed by atoms with Crippen molar-refractivity contribution in [1.29, 1.82) is 0 Å². The van der Waals surface area contributed by atoms with E-state index in [1.165, 1.54) is 0 Å². The van der Waals surface area contributed by atoms with Gasteiger partial charge in [0, 0.05) is 24.9 Å². The SMILES string of the molecule is O=C(O)c1ccccc1-c1ccc([C@H]2[C@H](c3ccccn3)NC(=S)N2CCCO)o1. The van der Waals surface area contributed by atoms with Crippen molar-refractivity contribution >= 4 is 23.3 Å². The molecule has 0 unspecified atom stereocenters. The van der Waals surface area contributed by atoms with Crippen molar-refractivity contribution in [2.75, 3.05) is 13.2 Å². The summed E-state index contributed by atoms with van der Waals surface area (Å²) in [5, 5.41) is 22.7. The molecule has 2 aromatic heterocycles. The maximum Gasteiger partial charge on any atom is 0.336 e. The number of aromatic nitrogens is 1. The monoisotopic (exact) mass is 423 g/mol. The van der Waals surface area contributed by atoms with Crippen LogP contribution in [0.1, 0.15) is 40.3 Å². The first-order chi connectivity index (χ1) is 14.6. The second kappa shape index (κ2) is 8.64. The number of aliphatic hydroxyl groups excluding tert-OH is 1. The molecule has 1 aliphatic rings. The van der Waals surface area contributed by atoms with Gasteiger partial charge in [-0.25, -0.2) is 4.79 Å². The van der Waals surface area contributed by atoms with E-state index in [1.807, 2.05) is 29.2 Å². The van der Waals surface area contributed by atoms with E-state index in [-0.39, 0.29) is 24.3 Å². The molecule has 3 heterocycles. The number of pyridine rings is 1. The van der Waals surface area contributed by atoms with Gasteiger partial charge in [0.25, 0.3) is 0 Å². The molecule has 1 aromatic carbocycles. The number of furan rings is 1. The van der Waals surface area contributed by atoms with E-state index < -0.39 is 5.97 Å². The summed E-state index contributed by atoms with van der Waals surface area (Å²) in [7, 11) is 0. The molecule has 1 aliphatic heterocycles. The van der Waals surface area contributed by atoms with Gasteiger partial charge in [0.2, 0.25) is 0 Å². The number of benzene rings is 1. The summed E-state index contributed by atoms with van der Waals surface area (Å²) in [5.41, 5.74) is 1.51. The molecule has 4 rings (SSSR count). The van der Waals surface area contributed by atoms with Crippen LogP contribution in [0.4, 0.5) is 0 Å². The summed E-state index contributed by atoms with van der Waals surface area (Å²) in [6.45, 7) is 0.605. The third-order valence-electron chi connectivity index (χ3n) is 5.10. The second-order valence-corrected chi connectivity index (χ2v) is 7.34. The van der Waals surface area contributed by atoms with Crippen LogP contribution in [0.3, 0.4) is 0 Å². The Labute approximate surface area is 179 Å². The number of aliphatic hydroxyl groups is 1. The minimum atomic E-state index is -1.01. The molecule has 3 N–H and O–H groups in total. The summed E-state index contributed by atoms with van der Waals surface area (Å²) < 4.78 is 6.16. The van der Waals surface area contributed by atoms with Crippen molar-refractivity contribution < 1.29 is 19.4 Å². The summed E-state index contributed by atoms with van der Waals surface area (Å²) >= 11 is 5.55. The average molecular weight is 423 g/mol. The maximum atomic E-state index is 11.6. The smallest absolute Gasteiger partial charge is 0.336 e. The van der Waals surface area contributed by atoms with E-state index in [4.69, 9.17) is 16.6 Å². The lowest BCUT2D eigenvalue weighted by atomic mass is 10.0. The fraction of sp³-hybridized carbons (Fsp3) is 0.227. The Morgan fingerprint density at radius 3 is 2.70 bits per heavy atom. The normalized spacial score (nSPS) is 18.4. The molecule has 0 radical (unpaired) electrons. The fourth-order valence-corrected chi connectivity index (χ4v) is 4.07. The number of rotatable bonds is 7. The number of hydrogen-bond acceptors (Lipinski definition) is 5. The molecular weight excluding hydrogens is 402 g/mol. The Hall–Kier alpha value is -3.23. The third-order valence-corrected chi connectivity index (χ3v) is 5.45. The van der Waals surface area contributed by atoms with Crippen LogP contribution in [0.2, 0.25) is 0 Å². The van der Waals surface area contributed by atoms with Crippen LogP contribution in [0.15, 0.2) is 65.2 Å². The van der Waals surface area contributed by atoms with Crippen LogP contribution in [0.5, 0.6) is 0 Å². The fourth-order valence-electron chi connectivity index (χ4n) is 3.74.